The smallest absolute Gasteiger partial charge is 0.259 e. The lowest BCUT2D eigenvalue weighted by Gasteiger charge is -2.08. The second kappa shape index (κ2) is 7.60. The molecule has 0 radical (unpaired) electrons. The molecular formula is C14H12Cl2N2O3S. The minimum Gasteiger partial charge on any atom is -0.348 e. The molecule has 22 heavy (non-hydrogen) atoms. The van der Waals surface area contributed by atoms with Crippen molar-refractivity contribution in [2.45, 2.75) is 6.54 Å². The molecule has 1 unspecified atom stereocenters. The molecule has 0 fully saturated rings. The molecule has 1 amide bonds. The molecule has 5 nitrogen and oxygen atoms in total. The molecule has 0 saturated heterocycles. The number of rotatable bonds is 5. The predicted molar refractivity (Wildman–Crippen MR) is 88.5 cm³/mol. The van der Waals surface area contributed by atoms with Crippen molar-refractivity contribution >= 4 is 46.1 Å². The number of carbonyl (C=O) groups excluding carboxylic acids is 1. The summed E-state index contributed by atoms with van der Waals surface area (Å²) in [6, 6.07) is 11.2. The molecular weight excluding hydrogens is 347 g/mol. The summed E-state index contributed by atoms with van der Waals surface area (Å²) in [5, 5.41) is 3.76. The summed E-state index contributed by atoms with van der Waals surface area (Å²) >= 11 is 9.70. The van der Waals surface area contributed by atoms with Crippen molar-refractivity contribution in [3.05, 3.63) is 63.6 Å². The molecule has 0 aliphatic carbocycles. The monoisotopic (exact) mass is 358 g/mol. The maximum absolute atomic E-state index is 12.0. The van der Waals surface area contributed by atoms with Crippen LogP contribution < -0.4 is 10.0 Å². The van der Waals surface area contributed by atoms with E-state index < -0.39 is 11.3 Å². The summed E-state index contributed by atoms with van der Waals surface area (Å²) in [7, 11) is 0. The van der Waals surface area contributed by atoms with Gasteiger partial charge < -0.3 is 5.32 Å². The van der Waals surface area contributed by atoms with Crippen LogP contribution in [-0.2, 0) is 17.8 Å². The molecule has 0 heterocycles. The zero-order valence-corrected chi connectivity index (χ0v) is 13.5. The van der Waals surface area contributed by atoms with E-state index in [-0.39, 0.29) is 12.5 Å². The Hall–Kier alpha value is -1.60. The zero-order valence-electron chi connectivity index (χ0n) is 11.2. The van der Waals surface area contributed by atoms with Crippen LogP contribution in [0, 0.1) is 0 Å². The fraction of sp³-hybridized carbons (Fsp3) is 0.0714. The van der Waals surface area contributed by atoms with Crippen molar-refractivity contribution in [2.24, 2.45) is 0 Å². The Bertz CT molecular complexity index is 708. The van der Waals surface area contributed by atoms with Crippen LogP contribution in [-0.4, -0.2) is 14.7 Å². The first-order valence-corrected chi connectivity index (χ1v) is 8.01. The molecule has 0 spiro atoms. The molecule has 116 valence electrons. The predicted octanol–water partition coefficient (Wildman–Crippen LogP) is 3.47. The highest BCUT2D eigenvalue weighted by molar-refractivity contribution is 7.80. The SMILES string of the molecule is O=C(NCc1ccc(Cl)cc1Cl)c1ccc(NS(=O)O)cc1. The van der Waals surface area contributed by atoms with E-state index in [9.17, 15) is 9.00 Å². The number of hydrogen-bond donors (Lipinski definition) is 3. The fourth-order valence-corrected chi connectivity index (χ4v) is 2.55. The average Bonchev–Trinajstić information content (AvgIpc) is 2.46. The zero-order chi connectivity index (χ0) is 16.1. The minimum atomic E-state index is -2.14. The van der Waals surface area contributed by atoms with Crippen LogP contribution in [0.4, 0.5) is 5.69 Å². The van der Waals surface area contributed by atoms with Crippen molar-refractivity contribution in [3.8, 4) is 0 Å². The van der Waals surface area contributed by atoms with Crippen LogP contribution in [0.2, 0.25) is 10.0 Å². The Balaban J connectivity index is 1.98. The quantitative estimate of drug-likeness (QED) is 0.716. The summed E-state index contributed by atoms with van der Waals surface area (Å²) in [4.78, 5) is 12.0. The van der Waals surface area contributed by atoms with E-state index in [0.717, 1.165) is 5.56 Å². The number of carbonyl (C=O) groups is 1. The van der Waals surface area contributed by atoms with Crippen molar-refractivity contribution in [3.63, 3.8) is 0 Å². The molecule has 3 N–H and O–H groups in total. The third-order valence-corrected chi connectivity index (χ3v) is 3.80. The average molecular weight is 359 g/mol. The van der Waals surface area contributed by atoms with Crippen LogP contribution in [0.25, 0.3) is 0 Å². The highest BCUT2D eigenvalue weighted by Gasteiger charge is 2.07. The van der Waals surface area contributed by atoms with Crippen LogP contribution in [0.15, 0.2) is 42.5 Å². The first kappa shape index (κ1) is 16.8. The third-order valence-electron chi connectivity index (χ3n) is 2.81. The Morgan fingerprint density at radius 3 is 2.41 bits per heavy atom. The van der Waals surface area contributed by atoms with Gasteiger partial charge in [-0.1, -0.05) is 29.3 Å². The van der Waals surface area contributed by atoms with Gasteiger partial charge in [0.2, 0.25) is 0 Å². The number of nitrogens with one attached hydrogen (secondary N) is 2. The molecule has 0 bridgehead atoms. The van der Waals surface area contributed by atoms with E-state index >= 15 is 0 Å². The normalized spacial score (nSPS) is 11.8. The topological polar surface area (TPSA) is 78.4 Å². The first-order valence-electron chi connectivity index (χ1n) is 6.15. The minimum absolute atomic E-state index is 0.273. The van der Waals surface area contributed by atoms with Crippen LogP contribution in [0.3, 0.4) is 0 Å². The van der Waals surface area contributed by atoms with E-state index in [1.165, 1.54) is 12.1 Å². The van der Waals surface area contributed by atoms with Gasteiger partial charge in [0.25, 0.3) is 17.2 Å². The second-order valence-corrected chi connectivity index (χ2v) is 5.89. The highest BCUT2D eigenvalue weighted by Crippen LogP contribution is 2.20. The van der Waals surface area contributed by atoms with Crippen LogP contribution >= 0.6 is 23.2 Å². The van der Waals surface area contributed by atoms with Gasteiger partial charge in [-0.3, -0.25) is 14.1 Å². The van der Waals surface area contributed by atoms with Gasteiger partial charge in [0.15, 0.2) is 0 Å². The number of amides is 1. The summed E-state index contributed by atoms with van der Waals surface area (Å²) in [5.74, 6) is -0.275. The maximum Gasteiger partial charge on any atom is 0.259 e. The lowest BCUT2D eigenvalue weighted by molar-refractivity contribution is 0.0951. The van der Waals surface area contributed by atoms with Gasteiger partial charge in [0.05, 0.1) is 0 Å². The van der Waals surface area contributed by atoms with Gasteiger partial charge in [-0.25, -0.2) is 4.21 Å². The molecule has 2 rings (SSSR count). The Kier molecular flexibility index (Phi) is 5.79. The first-order chi connectivity index (χ1) is 10.5. The van der Waals surface area contributed by atoms with Crippen molar-refractivity contribution < 1.29 is 13.6 Å². The van der Waals surface area contributed by atoms with Gasteiger partial charge >= 0.3 is 0 Å². The van der Waals surface area contributed by atoms with Gasteiger partial charge in [0, 0.05) is 27.8 Å². The van der Waals surface area contributed by atoms with E-state index in [4.69, 9.17) is 27.8 Å². The molecule has 0 aliphatic heterocycles. The largest absolute Gasteiger partial charge is 0.348 e. The van der Waals surface area contributed by atoms with Gasteiger partial charge in [-0.05, 0) is 42.0 Å². The summed E-state index contributed by atoms with van der Waals surface area (Å²) < 4.78 is 21.6. The summed E-state index contributed by atoms with van der Waals surface area (Å²) in [6.07, 6.45) is 0. The lowest BCUT2D eigenvalue weighted by Crippen LogP contribution is -2.22. The standard InChI is InChI=1S/C14H12Cl2N2O3S/c15-11-4-1-10(13(16)7-11)8-17-14(19)9-2-5-12(6-3-9)18-22(20)21/h1-7,18H,8H2,(H,17,19)(H,20,21). The van der Waals surface area contributed by atoms with Crippen LogP contribution in [0.1, 0.15) is 15.9 Å². The Morgan fingerprint density at radius 2 is 1.82 bits per heavy atom. The molecule has 0 aromatic heterocycles. The van der Waals surface area contributed by atoms with Crippen LogP contribution in [0.5, 0.6) is 0 Å². The van der Waals surface area contributed by atoms with E-state index in [1.54, 1.807) is 30.3 Å². The van der Waals surface area contributed by atoms with E-state index in [0.29, 0.717) is 21.3 Å². The number of halogens is 2. The summed E-state index contributed by atoms with van der Waals surface area (Å²) in [5.41, 5.74) is 1.63. The van der Waals surface area contributed by atoms with Gasteiger partial charge in [-0.15, -0.1) is 0 Å². The molecule has 0 aliphatic rings. The third kappa shape index (κ3) is 4.71. The second-order valence-electron chi connectivity index (χ2n) is 4.35. The molecule has 8 heteroatoms. The lowest BCUT2D eigenvalue weighted by atomic mass is 10.2. The van der Waals surface area contributed by atoms with Crippen molar-refractivity contribution in [1.82, 2.24) is 5.32 Å². The van der Waals surface area contributed by atoms with Gasteiger partial charge in [-0.2, -0.15) is 0 Å². The van der Waals surface area contributed by atoms with E-state index in [2.05, 4.69) is 10.0 Å². The molecule has 2 aromatic carbocycles. The summed E-state index contributed by atoms with van der Waals surface area (Å²) in [6.45, 7) is 0.273. The van der Waals surface area contributed by atoms with E-state index in [1.807, 2.05) is 0 Å². The van der Waals surface area contributed by atoms with Gasteiger partial charge in [0.1, 0.15) is 0 Å². The Morgan fingerprint density at radius 1 is 1.14 bits per heavy atom. The number of hydrogen-bond acceptors (Lipinski definition) is 2. The molecule has 0 saturated carbocycles. The maximum atomic E-state index is 12.0. The molecule has 1 atom stereocenters. The highest BCUT2D eigenvalue weighted by atomic mass is 35.5. The number of anilines is 1. The molecule has 2 aromatic rings. The fourth-order valence-electron chi connectivity index (χ4n) is 1.73. The van der Waals surface area contributed by atoms with Crippen molar-refractivity contribution in [2.75, 3.05) is 4.72 Å². The Labute approximate surface area is 140 Å². The number of benzene rings is 2. The van der Waals surface area contributed by atoms with Crippen molar-refractivity contribution in [1.29, 1.82) is 0 Å².